The average Bonchev–Trinajstić information content (AvgIpc) is 3.12. The summed E-state index contributed by atoms with van der Waals surface area (Å²) in [5.41, 5.74) is 0.442. The van der Waals surface area contributed by atoms with E-state index in [1.54, 1.807) is 12.1 Å². The number of anilines is 1. The highest BCUT2D eigenvalue weighted by Crippen LogP contribution is 2.25. The quantitative estimate of drug-likeness (QED) is 0.533. The molecule has 1 aliphatic rings. The molecule has 4 nitrogen and oxygen atoms in total. The molecule has 1 saturated carbocycles. The largest absolute Gasteiger partial charge is 0.314 e. The second-order valence-electron chi connectivity index (χ2n) is 4.63. The van der Waals surface area contributed by atoms with Crippen molar-refractivity contribution in [3.8, 4) is 0 Å². The van der Waals surface area contributed by atoms with Crippen molar-refractivity contribution >= 4 is 49.9 Å². The van der Waals surface area contributed by atoms with E-state index in [9.17, 15) is 8.42 Å². The molecule has 0 unspecified atom stereocenters. The fourth-order valence-electron chi connectivity index (χ4n) is 1.65. The van der Waals surface area contributed by atoms with Crippen LogP contribution in [0.25, 0.3) is 0 Å². The number of sulfonamides is 1. The van der Waals surface area contributed by atoms with E-state index in [2.05, 4.69) is 32.6 Å². The van der Waals surface area contributed by atoms with Gasteiger partial charge in [-0.1, -0.05) is 11.6 Å². The van der Waals surface area contributed by atoms with Gasteiger partial charge >= 0.3 is 0 Å². The van der Waals surface area contributed by atoms with Crippen LogP contribution in [0.5, 0.6) is 0 Å². The first kappa shape index (κ1) is 15.3. The summed E-state index contributed by atoms with van der Waals surface area (Å²) in [4.78, 5) is 0. The average molecular weight is 415 g/mol. The number of nitrogens with one attached hydrogen (secondary N) is 2. The van der Waals surface area contributed by atoms with Crippen LogP contribution < -0.4 is 10.0 Å². The smallest absolute Gasteiger partial charge is 0.232 e. The molecule has 7 heteroatoms. The first-order chi connectivity index (χ1) is 8.96. The van der Waals surface area contributed by atoms with Crippen molar-refractivity contribution in [1.29, 1.82) is 0 Å². The minimum atomic E-state index is -3.32. The molecule has 19 heavy (non-hydrogen) atoms. The van der Waals surface area contributed by atoms with Crippen LogP contribution in [-0.4, -0.2) is 26.8 Å². The Bertz CT molecular complexity index is 547. The van der Waals surface area contributed by atoms with Crippen LogP contribution in [0.3, 0.4) is 0 Å². The van der Waals surface area contributed by atoms with Crippen LogP contribution in [0.15, 0.2) is 18.2 Å². The zero-order valence-corrected chi connectivity index (χ0v) is 14.1. The molecule has 0 aromatic heterocycles. The Kier molecular flexibility index (Phi) is 5.33. The third-order valence-electron chi connectivity index (χ3n) is 2.80. The van der Waals surface area contributed by atoms with E-state index in [0.717, 1.165) is 10.1 Å². The van der Waals surface area contributed by atoms with E-state index < -0.39 is 10.0 Å². The van der Waals surface area contributed by atoms with Crippen LogP contribution in [0, 0.1) is 3.57 Å². The van der Waals surface area contributed by atoms with Gasteiger partial charge < -0.3 is 5.32 Å². The SMILES string of the molecule is O=S(=O)(CCCNC1CC1)Nc1ccc(I)cc1Cl. The van der Waals surface area contributed by atoms with E-state index in [-0.39, 0.29) is 5.75 Å². The van der Waals surface area contributed by atoms with Gasteiger partial charge in [-0.15, -0.1) is 0 Å². The van der Waals surface area contributed by atoms with Crippen LogP contribution in [0.1, 0.15) is 19.3 Å². The van der Waals surface area contributed by atoms with Crippen molar-refractivity contribution in [2.24, 2.45) is 0 Å². The standard InChI is InChI=1S/C12H16ClIN2O2S/c13-11-8-9(14)2-5-12(11)16-19(17,18)7-1-6-15-10-3-4-10/h2,5,8,10,15-16H,1,3-4,6-7H2. The van der Waals surface area contributed by atoms with Crippen molar-refractivity contribution in [3.05, 3.63) is 26.8 Å². The highest BCUT2D eigenvalue weighted by Gasteiger charge is 2.20. The van der Waals surface area contributed by atoms with Gasteiger partial charge in [-0.25, -0.2) is 8.42 Å². The zero-order valence-electron chi connectivity index (χ0n) is 10.3. The summed E-state index contributed by atoms with van der Waals surface area (Å²) >= 11 is 8.13. The lowest BCUT2D eigenvalue weighted by Gasteiger charge is -2.10. The van der Waals surface area contributed by atoms with Gasteiger partial charge in [-0.05, 0) is 66.6 Å². The molecule has 0 atom stereocenters. The predicted octanol–water partition coefficient (Wildman–Crippen LogP) is 2.83. The molecular weight excluding hydrogens is 399 g/mol. The van der Waals surface area contributed by atoms with Crippen LogP contribution in [0.2, 0.25) is 5.02 Å². The van der Waals surface area contributed by atoms with Crippen LogP contribution in [0.4, 0.5) is 5.69 Å². The summed E-state index contributed by atoms with van der Waals surface area (Å²) in [6.45, 7) is 0.742. The zero-order chi connectivity index (χ0) is 13.9. The van der Waals surface area contributed by atoms with E-state index in [4.69, 9.17) is 11.6 Å². The minimum absolute atomic E-state index is 0.106. The van der Waals surface area contributed by atoms with E-state index in [0.29, 0.717) is 23.2 Å². The molecular formula is C12H16ClIN2O2S. The van der Waals surface area contributed by atoms with Gasteiger partial charge in [0.05, 0.1) is 16.5 Å². The summed E-state index contributed by atoms with van der Waals surface area (Å²) < 4.78 is 27.3. The molecule has 0 heterocycles. The Hall–Kier alpha value is -0.0500. The molecule has 0 aliphatic heterocycles. The lowest BCUT2D eigenvalue weighted by Crippen LogP contribution is -2.23. The van der Waals surface area contributed by atoms with Crippen molar-refractivity contribution in [3.63, 3.8) is 0 Å². The summed E-state index contributed by atoms with van der Waals surface area (Å²) in [5.74, 6) is 0.106. The molecule has 0 bridgehead atoms. The molecule has 1 aromatic carbocycles. The molecule has 106 valence electrons. The first-order valence-electron chi connectivity index (χ1n) is 6.15. The minimum Gasteiger partial charge on any atom is -0.314 e. The number of hydrogen-bond donors (Lipinski definition) is 2. The number of hydrogen-bond acceptors (Lipinski definition) is 3. The Morgan fingerprint density at radius 3 is 2.74 bits per heavy atom. The fraction of sp³-hybridized carbons (Fsp3) is 0.500. The maximum atomic E-state index is 11.9. The highest BCUT2D eigenvalue weighted by molar-refractivity contribution is 14.1. The molecule has 1 aliphatic carbocycles. The lowest BCUT2D eigenvalue weighted by atomic mass is 10.3. The molecule has 0 amide bonds. The van der Waals surface area contributed by atoms with Gasteiger partial charge in [0.25, 0.3) is 0 Å². The Labute approximate surface area is 132 Å². The van der Waals surface area contributed by atoms with E-state index in [1.165, 1.54) is 12.8 Å². The van der Waals surface area contributed by atoms with Gasteiger partial charge in [0.15, 0.2) is 0 Å². The summed E-state index contributed by atoms with van der Waals surface area (Å²) in [5, 5.41) is 3.72. The number of benzene rings is 1. The molecule has 2 N–H and O–H groups in total. The molecule has 2 rings (SSSR count). The van der Waals surface area contributed by atoms with Crippen molar-refractivity contribution < 1.29 is 8.42 Å². The molecule has 1 aromatic rings. The number of rotatable bonds is 7. The Morgan fingerprint density at radius 2 is 2.11 bits per heavy atom. The van der Waals surface area contributed by atoms with Crippen LogP contribution >= 0.6 is 34.2 Å². The second-order valence-corrected chi connectivity index (χ2v) is 8.12. The number of halogens is 2. The van der Waals surface area contributed by atoms with Gasteiger partial charge in [-0.3, -0.25) is 4.72 Å². The molecule has 0 spiro atoms. The normalized spacial score (nSPS) is 15.5. The second kappa shape index (κ2) is 6.60. The van der Waals surface area contributed by atoms with Crippen molar-refractivity contribution in [2.45, 2.75) is 25.3 Å². The van der Waals surface area contributed by atoms with Crippen molar-refractivity contribution in [2.75, 3.05) is 17.0 Å². The third kappa shape index (κ3) is 5.45. The maximum Gasteiger partial charge on any atom is 0.232 e. The molecule has 0 saturated heterocycles. The first-order valence-corrected chi connectivity index (χ1v) is 9.26. The van der Waals surface area contributed by atoms with Crippen molar-refractivity contribution in [1.82, 2.24) is 5.32 Å². The fourth-order valence-corrected chi connectivity index (χ4v) is 3.75. The van der Waals surface area contributed by atoms with E-state index >= 15 is 0 Å². The maximum absolute atomic E-state index is 11.9. The van der Waals surface area contributed by atoms with Gasteiger partial charge in [0, 0.05) is 9.61 Å². The summed E-state index contributed by atoms with van der Waals surface area (Å²) in [6, 6.07) is 5.85. The predicted molar refractivity (Wildman–Crippen MR) is 87.2 cm³/mol. The topological polar surface area (TPSA) is 58.2 Å². The van der Waals surface area contributed by atoms with Gasteiger partial charge in [-0.2, -0.15) is 0 Å². The molecule has 1 fully saturated rings. The monoisotopic (exact) mass is 414 g/mol. The van der Waals surface area contributed by atoms with Gasteiger partial charge in [0.2, 0.25) is 10.0 Å². The highest BCUT2D eigenvalue weighted by atomic mass is 127. The molecule has 0 radical (unpaired) electrons. The van der Waals surface area contributed by atoms with Crippen LogP contribution in [-0.2, 0) is 10.0 Å². The van der Waals surface area contributed by atoms with Gasteiger partial charge in [0.1, 0.15) is 0 Å². The third-order valence-corrected chi connectivity index (χ3v) is 5.14. The lowest BCUT2D eigenvalue weighted by molar-refractivity contribution is 0.593. The Balaban J connectivity index is 1.84. The van der Waals surface area contributed by atoms with E-state index in [1.807, 2.05) is 6.07 Å². The Morgan fingerprint density at radius 1 is 1.37 bits per heavy atom. The summed E-state index contributed by atoms with van der Waals surface area (Å²) in [6.07, 6.45) is 3.03. The summed E-state index contributed by atoms with van der Waals surface area (Å²) in [7, 11) is -3.32.